The third kappa shape index (κ3) is 1.72. The Morgan fingerprint density at radius 3 is 2.57 bits per heavy atom. The second-order valence-corrected chi connectivity index (χ2v) is 3.17. The van der Waals surface area contributed by atoms with Gasteiger partial charge < -0.3 is 5.73 Å². The van der Waals surface area contributed by atoms with E-state index in [2.05, 4.69) is 15.9 Å². The van der Waals surface area contributed by atoms with Crippen LogP contribution in [0.1, 0.15) is 10.4 Å². The Bertz CT molecular complexity index is 383. The van der Waals surface area contributed by atoms with E-state index in [0.717, 1.165) is 12.1 Å². The number of hydrogen-bond acceptors (Lipinski definition) is 3. The van der Waals surface area contributed by atoms with Crippen molar-refractivity contribution in [2.45, 2.75) is 0 Å². The lowest BCUT2D eigenvalue weighted by atomic mass is 10.2. The molecule has 0 aliphatic carbocycles. The number of benzene rings is 1. The van der Waals surface area contributed by atoms with Gasteiger partial charge in [-0.05, 0) is 22.0 Å². The number of hydrogen-bond donors (Lipinski definition) is 1. The third-order valence-electron chi connectivity index (χ3n) is 1.52. The van der Waals surface area contributed by atoms with E-state index in [4.69, 9.17) is 5.73 Å². The van der Waals surface area contributed by atoms with Crippen molar-refractivity contribution in [2.75, 3.05) is 0 Å². The third-order valence-corrected chi connectivity index (χ3v) is 2.28. The number of halogens is 2. The van der Waals surface area contributed by atoms with E-state index in [-0.39, 0.29) is 10.0 Å². The molecule has 1 aromatic carbocycles. The molecule has 0 bridgehead atoms. The van der Waals surface area contributed by atoms with Gasteiger partial charge in [0.05, 0.1) is 10.5 Å². The molecule has 1 amide bonds. The van der Waals surface area contributed by atoms with E-state index < -0.39 is 22.3 Å². The molecule has 0 aromatic heterocycles. The molecule has 7 heteroatoms. The maximum Gasteiger partial charge on any atom is 0.286 e. The Hall–Kier alpha value is -1.50. The van der Waals surface area contributed by atoms with Gasteiger partial charge in [-0.15, -0.1) is 0 Å². The molecule has 0 aliphatic heterocycles. The van der Waals surface area contributed by atoms with E-state index in [1.54, 1.807) is 0 Å². The molecular formula is C7H4BrFN2O3. The van der Waals surface area contributed by atoms with Crippen LogP contribution >= 0.6 is 15.9 Å². The highest BCUT2D eigenvalue weighted by Crippen LogP contribution is 2.29. The minimum atomic E-state index is -1.02. The predicted molar refractivity (Wildman–Crippen MR) is 49.3 cm³/mol. The van der Waals surface area contributed by atoms with E-state index in [1.807, 2.05) is 0 Å². The average molecular weight is 263 g/mol. The summed E-state index contributed by atoms with van der Waals surface area (Å²) in [6.07, 6.45) is 0. The molecule has 0 fully saturated rings. The molecule has 0 saturated carbocycles. The van der Waals surface area contributed by atoms with Gasteiger partial charge in [0.15, 0.2) is 5.82 Å². The SMILES string of the molecule is NC(=O)c1ccc([N+](=O)[O-])c(Br)c1F. The standard InChI is InChI=1S/C7H4BrFN2O3/c8-5-4(11(13)14)2-1-3(6(5)9)7(10)12/h1-2H,(H2,10,12). The van der Waals surface area contributed by atoms with Crippen molar-refractivity contribution in [1.82, 2.24) is 0 Å². The first-order chi connectivity index (χ1) is 6.45. The summed E-state index contributed by atoms with van der Waals surface area (Å²) in [6, 6.07) is 1.98. The summed E-state index contributed by atoms with van der Waals surface area (Å²) < 4.78 is 12.8. The maximum absolute atomic E-state index is 13.2. The second-order valence-electron chi connectivity index (χ2n) is 2.38. The van der Waals surface area contributed by atoms with Crippen molar-refractivity contribution in [1.29, 1.82) is 0 Å². The van der Waals surface area contributed by atoms with Crippen LogP contribution < -0.4 is 5.73 Å². The van der Waals surface area contributed by atoms with Gasteiger partial charge in [-0.1, -0.05) is 0 Å². The molecule has 1 rings (SSSR count). The lowest BCUT2D eigenvalue weighted by Gasteiger charge is -2.00. The Morgan fingerprint density at radius 1 is 1.57 bits per heavy atom. The van der Waals surface area contributed by atoms with E-state index in [9.17, 15) is 19.3 Å². The van der Waals surface area contributed by atoms with Crippen molar-refractivity contribution < 1.29 is 14.1 Å². The zero-order valence-corrected chi connectivity index (χ0v) is 8.25. The van der Waals surface area contributed by atoms with Crippen LogP contribution in [0.15, 0.2) is 16.6 Å². The van der Waals surface area contributed by atoms with Crippen LogP contribution in [0, 0.1) is 15.9 Å². The van der Waals surface area contributed by atoms with Crippen molar-refractivity contribution in [3.05, 3.63) is 38.1 Å². The van der Waals surface area contributed by atoms with Gasteiger partial charge in [0.1, 0.15) is 4.47 Å². The predicted octanol–water partition coefficient (Wildman–Crippen LogP) is 1.60. The van der Waals surface area contributed by atoms with Crippen LogP contribution in [0.5, 0.6) is 0 Å². The fourth-order valence-electron chi connectivity index (χ4n) is 0.871. The van der Waals surface area contributed by atoms with Crippen LogP contribution in [0.25, 0.3) is 0 Å². The van der Waals surface area contributed by atoms with Crippen molar-refractivity contribution in [3.63, 3.8) is 0 Å². The van der Waals surface area contributed by atoms with Crippen LogP contribution in [0.2, 0.25) is 0 Å². The minimum Gasteiger partial charge on any atom is -0.366 e. The van der Waals surface area contributed by atoms with Gasteiger partial charge in [0, 0.05) is 6.07 Å². The number of primary amides is 1. The fraction of sp³-hybridized carbons (Fsp3) is 0. The summed E-state index contributed by atoms with van der Waals surface area (Å²) in [4.78, 5) is 20.2. The topological polar surface area (TPSA) is 86.2 Å². The lowest BCUT2D eigenvalue weighted by Crippen LogP contribution is -2.13. The van der Waals surface area contributed by atoms with Gasteiger partial charge in [-0.25, -0.2) is 4.39 Å². The quantitative estimate of drug-likeness (QED) is 0.649. The van der Waals surface area contributed by atoms with Crippen LogP contribution in [0.3, 0.4) is 0 Å². The number of nitro benzene ring substituents is 1. The van der Waals surface area contributed by atoms with E-state index in [0.29, 0.717) is 0 Å². The van der Waals surface area contributed by atoms with Crippen molar-refractivity contribution >= 4 is 27.5 Å². The normalized spacial score (nSPS) is 9.86. The molecule has 0 radical (unpaired) electrons. The Balaban J connectivity index is 3.41. The van der Waals surface area contributed by atoms with E-state index in [1.165, 1.54) is 0 Å². The number of amides is 1. The van der Waals surface area contributed by atoms with Gasteiger partial charge in [-0.2, -0.15) is 0 Å². The summed E-state index contributed by atoms with van der Waals surface area (Å²) in [5, 5.41) is 10.3. The van der Waals surface area contributed by atoms with Gasteiger partial charge in [-0.3, -0.25) is 14.9 Å². The first-order valence-corrected chi connectivity index (χ1v) is 4.16. The lowest BCUT2D eigenvalue weighted by molar-refractivity contribution is -0.385. The van der Waals surface area contributed by atoms with Crippen LogP contribution in [-0.2, 0) is 0 Å². The first kappa shape index (κ1) is 10.6. The highest BCUT2D eigenvalue weighted by Gasteiger charge is 2.20. The molecule has 0 spiro atoms. The zero-order valence-electron chi connectivity index (χ0n) is 6.66. The van der Waals surface area contributed by atoms with Gasteiger partial charge in [0.25, 0.3) is 11.6 Å². The summed E-state index contributed by atoms with van der Waals surface area (Å²) in [7, 11) is 0. The highest BCUT2D eigenvalue weighted by molar-refractivity contribution is 9.10. The molecule has 0 atom stereocenters. The van der Waals surface area contributed by atoms with Crippen molar-refractivity contribution in [3.8, 4) is 0 Å². The number of nitro groups is 1. The molecule has 0 saturated heterocycles. The second kappa shape index (κ2) is 3.70. The molecule has 74 valence electrons. The molecule has 5 nitrogen and oxygen atoms in total. The molecule has 14 heavy (non-hydrogen) atoms. The highest BCUT2D eigenvalue weighted by atomic mass is 79.9. The van der Waals surface area contributed by atoms with Crippen LogP contribution in [0.4, 0.5) is 10.1 Å². The maximum atomic E-state index is 13.2. The molecular weight excluding hydrogens is 259 g/mol. The minimum absolute atomic E-state index is 0.376. The number of nitrogens with zero attached hydrogens (tertiary/aromatic N) is 1. The summed E-state index contributed by atoms with van der Waals surface area (Å²) in [6.45, 7) is 0. The number of rotatable bonds is 2. The average Bonchev–Trinajstić information content (AvgIpc) is 2.08. The Morgan fingerprint density at radius 2 is 2.14 bits per heavy atom. The fourth-order valence-corrected chi connectivity index (χ4v) is 1.36. The van der Waals surface area contributed by atoms with Crippen LogP contribution in [-0.4, -0.2) is 10.8 Å². The molecule has 0 aliphatic rings. The molecule has 2 N–H and O–H groups in total. The number of nitrogens with two attached hydrogens (primary N) is 1. The summed E-state index contributed by atoms with van der Waals surface area (Å²) >= 11 is 2.68. The largest absolute Gasteiger partial charge is 0.366 e. The smallest absolute Gasteiger partial charge is 0.286 e. The summed E-state index contributed by atoms with van der Waals surface area (Å²) in [5.74, 6) is -2.00. The number of carbonyl (C=O) groups is 1. The monoisotopic (exact) mass is 262 g/mol. The molecule has 0 heterocycles. The zero-order chi connectivity index (χ0) is 10.9. The first-order valence-electron chi connectivity index (χ1n) is 3.37. The van der Waals surface area contributed by atoms with Gasteiger partial charge in [0.2, 0.25) is 0 Å². The Kier molecular flexibility index (Phi) is 2.80. The molecule has 1 aromatic rings. The number of carbonyl (C=O) groups excluding carboxylic acids is 1. The summed E-state index contributed by atoms with van der Waals surface area (Å²) in [5.41, 5.74) is 4.00. The molecule has 0 unspecified atom stereocenters. The van der Waals surface area contributed by atoms with E-state index >= 15 is 0 Å². The Labute approximate surface area is 86.0 Å². The van der Waals surface area contributed by atoms with Gasteiger partial charge >= 0.3 is 0 Å². The van der Waals surface area contributed by atoms with Crippen molar-refractivity contribution in [2.24, 2.45) is 5.73 Å².